The Kier molecular flexibility index (Phi) is 21.4. The average molecular weight is 1070 g/mol. The highest BCUT2D eigenvalue weighted by Gasteiger charge is 2.50. The SMILES string of the molecule is C(CC1OC(COCc2ccccc2)C(OCc2ccccc2)C(OCc2ccccc2)C1OCc1ccccc1)=C1OC(COCc2ccccc2)C(OCc2ccccc2)C(OCc2ccccc2)C1OCc1ccccc1. The number of hydrogen-bond donors (Lipinski definition) is 0. The maximum absolute atomic E-state index is 7.37. The first-order valence-electron chi connectivity index (χ1n) is 27.9. The summed E-state index contributed by atoms with van der Waals surface area (Å²) in [6.45, 7) is 3.10. The van der Waals surface area contributed by atoms with E-state index < -0.39 is 54.9 Å². The molecule has 412 valence electrons. The van der Waals surface area contributed by atoms with E-state index in [1.165, 1.54) is 0 Å². The molecule has 0 bridgehead atoms. The Labute approximate surface area is 471 Å². The quantitative estimate of drug-likeness (QED) is 0.0472. The fraction of sp³-hybridized carbons (Fsp3) is 0.286. The van der Waals surface area contributed by atoms with Crippen molar-refractivity contribution >= 4 is 0 Å². The summed E-state index contributed by atoms with van der Waals surface area (Å²) in [5.41, 5.74) is 8.23. The Bertz CT molecular complexity index is 2980. The molecule has 0 aromatic heterocycles. The standard InChI is InChI=1S/C70H72O10/c1-9-25-53(26-10-1)43-71-51-63-67(75-47-57-33-17-5-18-34-57)69(77-49-59-37-21-7-22-38-59)65(73-45-55-29-13-3-14-30-55)61(79-63)41-42-62-66(74-46-56-31-15-4-16-32-56)70(78-50-60-39-23-8-24-40-60)68(76-48-58-35-19-6-20-36-58)64(80-62)52-72-44-54-27-11-2-12-28-54/h1-41,62-70H,42-52H2. The van der Waals surface area contributed by atoms with Crippen molar-refractivity contribution in [3.63, 3.8) is 0 Å². The molecule has 8 aromatic carbocycles. The van der Waals surface area contributed by atoms with Crippen LogP contribution in [-0.4, -0.2) is 68.1 Å². The molecule has 9 atom stereocenters. The van der Waals surface area contributed by atoms with Gasteiger partial charge in [-0.05, 0) is 57.0 Å². The molecule has 0 radical (unpaired) electrons. The van der Waals surface area contributed by atoms with Crippen molar-refractivity contribution in [1.29, 1.82) is 0 Å². The van der Waals surface area contributed by atoms with Gasteiger partial charge in [-0.1, -0.05) is 243 Å². The Morgan fingerprint density at radius 3 is 0.912 bits per heavy atom. The molecule has 8 aromatic rings. The predicted molar refractivity (Wildman–Crippen MR) is 309 cm³/mol. The smallest absolute Gasteiger partial charge is 0.150 e. The lowest BCUT2D eigenvalue weighted by Crippen LogP contribution is -2.61. The summed E-state index contributed by atoms with van der Waals surface area (Å²) < 4.78 is 70.3. The van der Waals surface area contributed by atoms with Crippen molar-refractivity contribution < 1.29 is 47.4 Å². The third-order valence-electron chi connectivity index (χ3n) is 14.3. The fourth-order valence-electron chi connectivity index (χ4n) is 10.2. The Morgan fingerprint density at radius 2 is 0.550 bits per heavy atom. The molecule has 0 aliphatic carbocycles. The van der Waals surface area contributed by atoms with Gasteiger partial charge >= 0.3 is 0 Å². The molecule has 2 heterocycles. The minimum Gasteiger partial charge on any atom is -0.487 e. The topological polar surface area (TPSA) is 92.3 Å². The van der Waals surface area contributed by atoms with Crippen molar-refractivity contribution in [3.8, 4) is 0 Å². The summed E-state index contributed by atoms with van der Waals surface area (Å²) in [6, 6.07) is 81.5. The third kappa shape index (κ3) is 16.7. The molecule has 2 aliphatic heterocycles. The molecule has 10 rings (SSSR count). The van der Waals surface area contributed by atoms with Gasteiger partial charge in [-0.25, -0.2) is 0 Å². The first-order valence-corrected chi connectivity index (χ1v) is 27.9. The largest absolute Gasteiger partial charge is 0.487 e. The van der Waals surface area contributed by atoms with E-state index in [-0.39, 0.29) is 19.8 Å². The number of ether oxygens (including phenoxy) is 10. The molecular formula is C70H72O10. The molecule has 0 N–H and O–H groups in total. The Balaban J connectivity index is 1.03. The monoisotopic (exact) mass is 1070 g/mol. The molecule has 80 heavy (non-hydrogen) atoms. The minimum atomic E-state index is -0.727. The zero-order chi connectivity index (χ0) is 54.2. The minimum absolute atomic E-state index is 0.210. The Morgan fingerprint density at radius 1 is 0.275 bits per heavy atom. The summed E-state index contributed by atoms with van der Waals surface area (Å²) in [7, 11) is 0. The fourth-order valence-corrected chi connectivity index (χ4v) is 10.2. The van der Waals surface area contributed by atoms with Gasteiger partial charge in [0.2, 0.25) is 0 Å². The van der Waals surface area contributed by atoms with Gasteiger partial charge in [0.1, 0.15) is 48.5 Å². The van der Waals surface area contributed by atoms with Crippen LogP contribution in [0.2, 0.25) is 0 Å². The first-order chi connectivity index (χ1) is 39.7. The van der Waals surface area contributed by atoms with Crippen LogP contribution in [0.15, 0.2) is 254 Å². The number of hydrogen-bond acceptors (Lipinski definition) is 10. The van der Waals surface area contributed by atoms with Crippen LogP contribution in [0.1, 0.15) is 50.9 Å². The summed E-state index contributed by atoms with van der Waals surface area (Å²) in [5.74, 6) is 0.582. The van der Waals surface area contributed by atoms with Gasteiger partial charge in [-0.3, -0.25) is 0 Å². The molecule has 10 heteroatoms. The van der Waals surface area contributed by atoms with Crippen molar-refractivity contribution in [1.82, 2.24) is 0 Å². The molecule has 10 nitrogen and oxygen atoms in total. The molecule has 2 saturated heterocycles. The van der Waals surface area contributed by atoms with Gasteiger partial charge in [0.25, 0.3) is 0 Å². The molecule has 2 fully saturated rings. The second-order valence-electron chi connectivity index (χ2n) is 20.2. The lowest BCUT2D eigenvalue weighted by molar-refractivity contribution is -0.272. The van der Waals surface area contributed by atoms with Gasteiger partial charge in [-0.2, -0.15) is 0 Å². The highest BCUT2D eigenvalue weighted by molar-refractivity contribution is 5.21. The van der Waals surface area contributed by atoms with Gasteiger partial charge in [0, 0.05) is 0 Å². The van der Waals surface area contributed by atoms with Crippen LogP contribution >= 0.6 is 0 Å². The molecule has 0 spiro atoms. The van der Waals surface area contributed by atoms with E-state index in [4.69, 9.17) is 47.4 Å². The van der Waals surface area contributed by atoms with Crippen LogP contribution in [-0.2, 0) is 100 Å². The lowest BCUT2D eigenvalue weighted by Gasteiger charge is -2.46. The molecule has 2 aliphatic rings. The second kappa shape index (κ2) is 30.5. The van der Waals surface area contributed by atoms with E-state index in [9.17, 15) is 0 Å². The summed E-state index contributed by atoms with van der Waals surface area (Å²) in [5, 5.41) is 0. The maximum atomic E-state index is 7.37. The highest BCUT2D eigenvalue weighted by atomic mass is 16.6. The van der Waals surface area contributed by atoms with E-state index in [1.807, 2.05) is 146 Å². The average Bonchev–Trinajstić information content (AvgIpc) is 3.53. The number of rotatable bonds is 28. The highest BCUT2D eigenvalue weighted by Crippen LogP contribution is 2.37. The van der Waals surface area contributed by atoms with Crippen LogP contribution in [0.3, 0.4) is 0 Å². The Hall–Kier alpha value is -7.06. The van der Waals surface area contributed by atoms with E-state index in [1.54, 1.807) is 0 Å². The van der Waals surface area contributed by atoms with Crippen molar-refractivity contribution in [3.05, 3.63) is 299 Å². The van der Waals surface area contributed by atoms with Crippen LogP contribution in [0.4, 0.5) is 0 Å². The van der Waals surface area contributed by atoms with Crippen molar-refractivity contribution in [2.75, 3.05) is 13.2 Å². The third-order valence-corrected chi connectivity index (χ3v) is 14.3. The summed E-state index contributed by atoms with van der Waals surface area (Å²) >= 11 is 0. The van der Waals surface area contributed by atoms with Crippen LogP contribution in [0.25, 0.3) is 0 Å². The lowest BCUT2D eigenvalue weighted by atomic mass is 9.91. The van der Waals surface area contributed by atoms with E-state index >= 15 is 0 Å². The zero-order valence-electron chi connectivity index (χ0n) is 45.2. The van der Waals surface area contributed by atoms with E-state index in [0.29, 0.717) is 58.4 Å². The molecule has 0 saturated carbocycles. The van der Waals surface area contributed by atoms with Crippen molar-refractivity contribution in [2.45, 2.75) is 114 Å². The first kappa shape index (κ1) is 56.2. The van der Waals surface area contributed by atoms with Crippen LogP contribution < -0.4 is 0 Å². The molecular weight excluding hydrogens is 1000 g/mol. The maximum Gasteiger partial charge on any atom is 0.150 e. The normalized spacial score (nSPS) is 22.4. The summed E-state index contributed by atoms with van der Waals surface area (Å²) in [6.07, 6.45) is -3.18. The van der Waals surface area contributed by atoms with Crippen LogP contribution in [0, 0.1) is 0 Å². The van der Waals surface area contributed by atoms with Crippen molar-refractivity contribution in [2.24, 2.45) is 0 Å². The molecule has 0 amide bonds. The van der Waals surface area contributed by atoms with Gasteiger partial charge in [0.15, 0.2) is 6.10 Å². The molecule has 9 unspecified atom stereocenters. The van der Waals surface area contributed by atoms with Crippen LogP contribution in [0.5, 0.6) is 0 Å². The number of benzene rings is 8. The summed E-state index contributed by atoms with van der Waals surface area (Å²) in [4.78, 5) is 0. The predicted octanol–water partition coefficient (Wildman–Crippen LogP) is 13.4. The van der Waals surface area contributed by atoms with Gasteiger partial charge in [0.05, 0.1) is 72.2 Å². The van der Waals surface area contributed by atoms with Gasteiger partial charge < -0.3 is 47.4 Å². The zero-order valence-corrected chi connectivity index (χ0v) is 45.2. The van der Waals surface area contributed by atoms with E-state index in [0.717, 1.165) is 44.5 Å². The second-order valence-corrected chi connectivity index (χ2v) is 20.2. The van der Waals surface area contributed by atoms with Gasteiger partial charge in [-0.15, -0.1) is 0 Å². The van der Waals surface area contributed by atoms with E-state index in [2.05, 4.69) is 103 Å².